The van der Waals surface area contributed by atoms with E-state index < -0.39 is 0 Å². The molecule has 0 amide bonds. The van der Waals surface area contributed by atoms with Gasteiger partial charge < -0.3 is 5.73 Å². The smallest absolute Gasteiger partial charge is 0.0650 e. The summed E-state index contributed by atoms with van der Waals surface area (Å²) in [6.45, 7) is 4.94. The molecular formula is C18H25N3. The Labute approximate surface area is 127 Å². The Morgan fingerprint density at radius 1 is 1.14 bits per heavy atom. The van der Waals surface area contributed by atoms with Crippen molar-refractivity contribution in [3.63, 3.8) is 0 Å². The SMILES string of the molecule is CC(C)c1cc(C(CN)c2ccc3c(c2)CCCC3)[nH]n1. The van der Waals surface area contributed by atoms with Crippen LogP contribution in [0.5, 0.6) is 0 Å². The maximum absolute atomic E-state index is 6.05. The third-order valence-electron chi connectivity index (χ3n) is 4.60. The van der Waals surface area contributed by atoms with E-state index in [9.17, 15) is 0 Å². The van der Waals surface area contributed by atoms with Crippen LogP contribution >= 0.6 is 0 Å². The monoisotopic (exact) mass is 283 g/mol. The Morgan fingerprint density at radius 3 is 2.57 bits per heavy atom. The summed E-state index contributed by atoms with van der Waals surface area (Å²) in [6, 6.07) is 9.08. The van der Waals surface area contributed by atoms with Crippen LogP contribution in [0.1, 0.15) is 66.6 Å². The van der Waals surface area contributed by atoms with Gasteiger partial charge in [-0.1, -0.05) is 32.0 Å². The lowest BCUT2D eigenvalue weighted by Crippen LogP contribution is -2.15. The minimum Gasteiger partial charge on any atom is -0.329 e. The fourth-order valence-electron chi connectivity index (χ4n) is 3.24. The van der Waals surface area contributed by atoms with Crippen molar-refractivity contribution in [2.24, 2.45) is 5.73 Å². The lowest BCUT2D eigenvalue weighted by molar-refractivity contribution is 0.681. The maximum atomic E-state index is 6.05. The van der Waals surface area contributed by atoms with Crippen molar-refractivity contribution in [2.45, 2.75) is 51.4 Å². The number of nitrogens with two attached hydrogens (primary N) is 1. The van der Waals surface area contributed by atoms with E-state index in [1.54, 1.807) is 0 Å². The van der Waals surface area contributed by atoms with Gasteiger partial charge in [-0.05, 0) is 54.4 Å². The number of aryl methyl sites for hydroxylation is 2. The van der Waals surface area contributed by atoms with Gasteiger partial charge in [-0.25, -0.2) is 0 Å². The number of benzene rings is 1. The molecule has 1 aliphatic rings. The Morgan fingerprint density at radius 2 is 1.90 bits per heavy atom. The molecule has 0 bridgehead atoms. The molecule has 0 aliphatic heterocycles. The molecule has 21 heavy (non-hydrogen) atoms. The molecule has 0 spiro atoms. The molecule has 0 saturated heterocycles. The predicted octanol–water partition coefficient (Wildman–Crippen LogP) is 3.50. The van der Waals surface area contributed by atoms with Crippen molar-refractivity contribution in [3.05, 3.63) is 52.3 Å². The molecule has 0 saturated carbocycles. The molecule has 3 heteroatoms. The third-order valence-corrected chi connectivity index (χ3v) is 4.60. The van der Waals surface area contributed by atoms with Crippen molar-refractivity contribution in [1.29, 1.82) is 0 Å². The van der Waals surface area contributed by atoms with Crippen molar-refractivity contribution >= 4 is 0 Å². The van der Waals surface area contributed by atoms with Crippen molar-refractivity contribution in [2.75, 3.05) is 6.54 Å². The Hall–Kier alpha value is -1.61. The number of rotatable bonds is 4. The van der Waals surface area contributed by atoms with E-state index >= 15 is 0 Å². The molecule has 1 aromatic carbocycles. The van der Waals surface area contributed by atoms with Gasteiger partial charge >= 0.3 is 0 Å². The highest BCUT2D eigenvalue weighted by atomic mass is 15.1. The van der Waals surface area contributed by atoms with Gasteiger partial charge in [0.1, 0.15) is 0 Å². The summed E-state index contributed by atoms with van der Waals surface area (Å²) in [4.78, 5) is 0. The topological polar surface area (TPSA) is 54.7 Å². The van der Waals surface area contributed by atoms with Crippen LogP contribution in [0.2, 0.25) is 0 Å². The highest BCUT2D eigenvalue weighted by Gasteiger charge is 2.18. The van der Waals surface area contributed by atoms with Crippen molar-refractivity contribution in [1.82, 2.24) is 10.2 Å². The number of aromatic amines is 1. The zero-order valence-corrected chi connectivity index (χ0v) is 13.0. The van der Waals surface area contributed by atoms with Crippen LogP contribution in [-0.2, 0) is 12.8 Å². The highest BCUT2D eigenvalue weighted by molar-refractivity contribution is 5.38. The van der Waals surface area contributed by atoms with Crippen molar-refractivity contribution in [3.8, 4) is 0 Å². The van der Waals surface area contributed by atoms with Crippen LogP contribution in [0, 0.1) is 0 Å². The second-order valence-corrected chi connectivity index (χ2v) is 6.43. The molecule has 0 radical (unpaired) electrons. The minimum atomic E-state index is 0.220. The van der Waals surface area contributed by atoms with E-state index in [0.717, 1.165) is 11.4 Å². The summed E-state index contributed by atoms with van der Waals surface area (Å²) in [5.41, 5.74) is 12.7. The molecule has 1 aliphatic carbocycles. The quantitative estimate of drug-likeness (QED) is 0.902. The normalized spacial score (nSPS) is 16.0. The van der Waals surface area contributed by atoms with Gasteiger partial charge in [0.25, 0.3) is 0 Å². The summed E-state index contributed by atoms with van der Waals surface area (Å²) in [7, 11) is 0. The Bertz CT molecular complexity index is 613. The third kappa shape index (κ3) is 2.88. The largest absolute Gasteiger partial charge is 0.329 e. The predicted molar refractivity (Wildman–Crippen MR) is 86.7 cm³/mol. The molecular weight excluding hydrogens is 258 g/mol. The van der Waals surface area contributed by atoms with Gasteiger partial charge in [0.2, 0.25) is 0 Å². The van der Waals surface area contributed by atoms with Gasteiger partial charge in [-0.2, -0.15) is 5.10 Å². The van der Waals surface area contributed by atoms with Gasteiger partial charge in [-0.3, -0.25) is 5.10 Å². The summed E-state index contributed by atoms with van der Waals surface area (Å²) in [5, 5.41) is 7.60. The first-order valence-electron chi connectivity index (χ1n) is 8.06. The Kier molecular flexibility index (Phi) is 4.11. The van der Waals surface area contributed by atoms with Gasteiger partial charge in [0.05, 0.1) is 5.69 Å². The minimum absolute atomic E-state index is 0.220. The molecule has 0 fully saturated rings. The van der Waals surface area contributed by atoms with Crippen LogP contribution in [0.15, 0.2) is 24.3 Å². The van der Waals surface area contributed by atoms with Crippen LogP contribution in [0.25, 0.3) is 0 Å². The van der Waals surface area contributed by atoms with Crippen LogP contribution in [-0.4, -0.2) is 16.7 Å². The van der Waals surface area contributed by atoms with Crippen LogP contribution in [0.4, 0.5) is 0 Å². The van der Waals surface area contributed by atoms with Gasteiger partial charge in [0.15, 0.2) is 0 Å². The summed E-state index contributed by atoms with van der Waals surface area (Å²) in [6.07, 6.45) is 5.07. The second-order valence-electron chi connectivity index (χ2n) is 6.43. The number of nitrogens with one attached hydrogen (secondary N) is 1. The molecule has 3 nitrogen and oxygen atoms in total. The van der Waals surface area contributed by atoms with E-state index in [2.05, 4.69) is 48.3 Å². The van der Waals surface area contributed by atoms with Crippen LogP contribution in [0.3, 0.4) is 0 Å². The van der Waals surface area contributed by atoms with E-state index in [0.29, 0.717) is 12.5 Å². The number of H-pyrrole nitrogens is 1. The lowest BCUT2D eigenvalue weighted by atomic mass is 9.86. The lowest BCUT2D eigenvalue weighted by Gasteiger charge is -2.20. The molecule has 3 rings (SSSR count). The zero-order valence-electron chi connectivity index (χ0n) is 13.0. The molecule has 1 aromatic heterocycles. The average molecular weight is 283 g/mol. The Balaban J connectivity index is 1.91. The standard InChI is InChI=1S/C18H25N3/c1-12(2)17-10-18(21-20-17)16(11-19)15-8-7-13-5-3-4-6-14(13)9-15/h7-10,12,16H,3-6,11,19H2,1-2H3,(H,20,21). The summed E-state index contributed by atoms with van der Waals surface area (Å²) >= 11 is 0. The first kappa shape index (κ1) is 14.3. The first-order chi connectivity index (χ1) is 10.2. The number of fused-ring (bicyclic) bond motifs is 1. The fourth-order valence-corrected chi connectivity index (χ4v) is 3.24. The molecule has 1 heterocycles. The van der Waals surface area contributed by atoms with Crippen molar-refractivity contribution < 1.29 is 0 Å². The van der Waals surface area contributed by atoms with E-state index in [1.165, 1.54) is 42.4 Å². The first-order valence-corrected chi connectivity index (χ1v) is 8.06. The number of hydrogen-bond acceptors (Lipinski definition) is 2. The van der Waals surface area contributed by atoms with E-state index in [4.69, 9.17) is 5.73 Å². The molecule has 112 valence electrons. The second kappa shape index (κ2) is 6.02. The van der Waals surface area contributed by atoms with E-state index in [1.807, 2.05) is 0 Å². The zero-order chi connectivity index (χ0) is 14.8. The molecule has 1 atom stereocenters. The average Bonchev–Trinajstić information content (AvgIpc) is 2.98. The number of aromatic nitrogens is 2. The molecule has 2 aromatic rings. The maximum Gasteiger partial charge on any atom is 0.0650 e. The summed E-state index contributed by atoms with van der Waals surface area (Å²) < 4.78 is 0. The molecule has 3 N–H and O–H groups in total. The molecule has 1 unspecified atom stereocenters. The number of nitrogens with zero attached hydrogens (tertiary/aromatic N) is 1. The van der Waals surface area contributed by atoms with Gasteiger partial charge in [0, 0.05) is 18.2 Å². The fraction of sp³-hybridized carbons (Fsp3) is 0.500. The van der Waals surface area contributed by atoms with Crippen LogP contribution < -0.4 is 5.73 Å². The number of hydrogen-bond donors (Lipinski definition) is 2. The summed E-state index contributed by atoms with van der Waals surface area (Å²) in [5.74, 6) is 0.661. The van der Waals surface area contributed by atoms with E-state index in [-0.39, 0.29) is 5.92 Å². The highest BCUT2D eigenvalue weighted by Crippen LogP contribution is 2.29. The van der Waals surface area contributed by atoms with Gasteiger partial charge in [-0.15, -0.1) is 0 Å².